The summed E-state index contributed by atoms with van der Waals surface area (Å²) < 4.78 is 54.0. The molecule has 2 aliphatic rings. The van der Waals surface area contributed by atoms with Gasteiger partial charge in [-0.1, -0.05) is 30.3 Å². The van der Waals surface area contributed by atoms with Crippen LogP contribution in [0.2, 0.25) is 0 Å². The van der Waals surface area contributed by atoms with Gasteiger partial charge in [-0.25, -0.2) is 12.8 Å². The van der Waals surface area contributed by atoms with Gasteiger partial charge in [-0.15, -0.1) is 0 Å². The first-order valence-electron chi connectivity index (χ1n) is 9.40. The second-order valence-electron chi connectivity index (χ2n) is 7.36. The number of ether oxygens (including phenoxy) is 3. The monoisotopic (exact) mass is 420 g/mol. The van der Waals surface area contributed by atoms with E-state index in [1.807, 2.05) is 30.3 Å². The van der Waals surface area contributed by atoms with Crippen molar-refractivity contribution >= 4 is 15.8 Å². The van der Waals surface area contributed by atoms with Gasteiger partial charge in [0.1, 0.15) is 18.2 Å². The molecule has 2 heterocycles. The van der Waals surface area contributed by atoms with Crippen LogP contribution < -0.4 is 4.74 Å². The molecule has 0 bridgehead atoms. The van der Waals surface area contributed by atoms with Gasteiger partial charge in [-0.2, -0.15) is 0 Å². The van der Waals surface area contributed by atoms with Crippen molar-refractivity contribution in [3.05, 3.63) is 65.0 Å². The summed E-state index contributed by atoms with van der Waals surface area (Å²) in [6.45, 7) is 0.0213. The Bertz CT molecular complexity index is 1010. The van der Waals surface area contributed by atoms with Crippen LogP contribution in [0, 0.1) is 11.7 Å². The molecule has 2 aromatic rings. The molecule has 154 valence electrons. The molecular weight excluding hydrogens is 399 g/mol. The minimum Gasteiger partial charge on any atom is -0.461 e. The van der Waals surface area contributed by atoms with Crippen LogP contribution in [0.4, 0.5) is 4.39 Å². The molecule has 0 spiro atoms. The molecule has 0 aromatic heterocycles. The molecule has 2 atom stereocenters. The third-order valence-corrected chi connectivity index (χ3v) is 6.90. The number of hydrogen-bond acceptors (Lipinski definition) is 6. The lowest BCUT2D eigenvalue weighted by molar-refractivity contribution is -0.146. The van der Waals surface area contributed by atoms with Crippen molar-refractivity contribution in [1.29, 1.82) is 0 Å². The molecule has 0 unspecified atom stereocenters. The second-order valence-corrected chi connectivity index (χ2v) is 9.59. The van der Waals surface area contributed by atoms with Crippen molar-refractivity contribution in [2.24, 2.45) is 5.92 Å². The highest BCUT2D eigenvalue weighted by Crippen LogP contribution is 2.37. The molecule has 6 nitrogen and oxygen atoms in total. The molecule has 0 radical (unpaired) electrons. The maximum absolute atomic E-state index is 14.0. The van der Waals surface area contributed by atoms with E-state index in [2.05, 4.69) is 0 Å². The van der Waals surface area contributed by atoms with Gasteiger partial charge in [0, 0.05) is 23.1 Å². The molecule has 2 aliphatic heterocycles. The maximum atomic E-state index is 14.0. The number of hydrogen-bond donors (Lipinski definition) is 0. The Hall–Kier alpha value is -2.45. The quantitative estimate of drug-likeness (QED) is 0.691. The zero-order valence-electron chi connectivity index (χ0n) is 15.7. The molecule has 0 saturated carbocycles. The first-order chi connectivity index (χ1) is 13.9. The van der Waals surface area contributed by atoms with E-state index in [4.69, 9.17) is 14.2 Å². The normalized spacial score (nSPS) is 22.5. The fraction of sp³-hybridized carbons (Fsp3) is 0.381. The molecule has 8 heteroatoms. The van der Waals surface area contributed by atoms with Crippen LogP contribution in [0.25, 0.3) is 0 Å². The predicted octanol–water partition coefficient (Wildman–Crippen LogP) is 3.30. The smallest absolute Gasteiger partial charge is 0.306 e. The Morgan fingerprint density at radius 2 is 2.00 bits per heavy atom. The summed E-state index contributed by atoms with van der Waals surface area (Å²) in [5.74, 6) is -0.629. The second kappa shape index (κ2) is 8.12. The van der Waals surface area contributed by atoms with Crippen molar-refractivity contribution in [3.63, 3.8) is 0 Å². The summed E-state index contributed by atoms with van der Waals surface area (Å²) in [4.78, 5) is 12.1. The average Bonchev–Trinajstić information content (AvgIpc) is 3.04. The highest BCUT2D eigenvalue weighted by atomic mass is 32.2. The van der Waals surface area contributed by atoms with Gasteiger partial charge in [0.2, 0.25) is 6.29 Å². The van der Waals surface area contributed by atoms with Gasteiger partial charge in [-0.05, 0) is 24.5 Å². The fourth-order valence-corrected chi connectivity index (χ4v) is 5.51. The van der Waals surface area contributed by atoms with E-state index >= 15 is 0 Å². The topological polar surface area (TPSA) is 78.9 Å². The molecular formula is C21H21FO6S. The Kier molecular flexibility index (Phi) is 5.56. The zero-order chi connectivity index (χ0) is 20.4. The fourth-order valence-electron chi connectivity index (χ4n) is 3.64. The molecule has 1 saturated heterocycles. The van der Waals surface area contributed by atoms with Crippen molar-refractivity contribution in [3.8, 4) is 5.75 Å². The minimum atomic E-state index is -3.05. The highest BCUT2D eigenvalue weighted by molar-refractivity contribution is 7.91. The first-order valence-corrected chi connectivity index (χ1v) is 11.2. The number of fused-ring (bicyclic) bond motifs is 1. The largest absolute Gasteiger partial charge is 0.461 e. The van der Waals surface area contributed by atoms with Crippen LogP contribution in [-0.4, -0.2) is 25.9 Å². The van der Waals surface area contributed by atoms with E-state index in [-0.39, 0.29) is 37.1 Å². The summed E-state index contributed by atoms with van der Waals surface area (Å²) in [5.41, 5.74) is 1.79. The van der Waals surface area contributed by atoms with Gasteiger partial charge in [-0.3, -0.25) is 4.79 Å². The van der Waals surface area contributed by atoms with E-state index in [1.54, 1.807) is 0 Å². The molecule has 0 aliphatic carbocycles. The molecule has 4 rings (SSSR count). The van der Waals surface area contributed by atoms with Crippen LogP contribution in [0.3, 0.4) is 0 Å². The average molecular weight is 420 g/mol. The SMILES string of the molecule is O=C(C[C@@H]1CCS(=O)(=O)C1)OCc1cc(F)cc2c1O[C@@H](c1ccccc1)OC2. The van der Waals surface area contributed by atoms with Crippen molar-refractivity contribution in [2.45, 2.75) is 32.3 Å². The van der Waals surface area contributed by atoms with Crippen LogP contribution >= 0.6 is 0 Å². The Balaban J connectivity index is 1.44. The number of esters is 1. The third-order valence-electron chi connectivity index (χ3n) is 5.07. The molecule has 29 heavy (non-hydrogen) atoms. The van der Waals surface area contributed by atoms with Gasteiger partial charge >= 0.3 is 5.97 Å². The van der Waals surface area contributed by atoms with Gasteiger partial charge in [0.15, 0.2) is 9.84 Å². The number of carbonyl (C=O) groups is 1. The van der Waals surface area contributed by atoms with Gasteiger partial charge in [0.05, 0.1) is 18.1 Å². The summed E-state index contributed by atoms with van der Waals surface area (Å²) >= 11 is 0. The van der Waals surface area contributed by atoms with E-state index in [1.165, 1.54) is 12.1 Å². The number of halogens is 1. The minimum absolute atomic E-state index is 0.0106. The van der Waals surface area contributed by atoms with Gasteiger partial charge in [0.25, 0.3) is 0 Å². The maximum Gasteiger partial charge on any atom is 0.306 e. The van der Waals surface area contributed by atoms with Crippen LogP contribution in [-0.2, 0) is 37.3 Å². The lowest BCUT2D eigenvalue weighted by Crippen LogP contribution is -2.20. The van der Waals surface area contributed by atoms with Gasteiger partial charge < -0.3 is 14.2 Å². The Morgan fingerprint density at radius 3 is 2.72 bits per heavy atom. The van der Waals surface area contributed by atoms with Crippen LogP contribution in [0.15, 0.2) is 42.5 Å². The summed E-state index contributed by atoms with van der Waals surface area (Å²) in [5, 5.41) is 0. The Labute approximate surface area is 168 Å². The van der Waals surface area contributed by atoms with Crippen molar-refractivity contribution in [1.82, 2.24) is 0 Å². The summed E-state index contributed by atoms with van der Waals surface area (Å²) in [6.07, 6.45) is -0.133. The van der Waals surface area contributed by atoms with E-state index < -0.39 is 27.9 Å². The lowest BCUT2D eigenvalue weighted by atomic mass is 10.1. The van der Waals surface area contributed by atoms with E-state index in [9.17, 15) is 17.6 Å². The standard InChI is InChI=1S/C21H21FO6S/c22-18-9-16(11-26-19(23)8-14-6-7-29(24,25)13-14)20-17(10-18)12-27-21(28-20)15-4-2-1-3-5-15/h1-5,9-10,14,21H,6-8,11-13H2/t14-,21-/m0/s1. The van der Waals surface area contributed by atoms with Crippen LogP contribution in [0.1, 0.15) is 35.8 Å². The first kappa shape index (κ1) is 19.8. The number of sulfone groups is 1. The van der Waals surface area contributed by atoms with E-state index in [0.717, 1.165) is 5.56 Å². The van der Waals surface area contributed by atoms with Crippen LogP contribution in [0.5, 0.6) is 5.75 Å². The molecule has 1 fully saturated rings. The molecule has 0 N–H and O–H groups in total. The lowest BCUT2D eigenvalue weighted by Gasteiger charge is -2.28. The summed E-state index contributed by atoms with van der Waals surface area (Å²) in [6, 6.07) is 12.0. The Morgan fingerprint density at radius 1 is 1.21 bits per heavy atom. The highest BCUT2D eigenvalue weighted by Gasteiger charge is 2.30. The number of benzene rings is 2. The zero-order valence-corrected chi connectivity index (χ0v) is 16.5. The number of carbonyl (C=O) groups excluding carboxylic acids is 1. The third kappa shape index (κ3) is 4.76. The van der Waals surface area contributed by atoms with E-state index in [0.29, 0.717) is 23.3 Å². The summed E-state index contributed by atoms with van der Waals surface area (Å²) in [7, 11) is -3.05. The van der Waals surface area contributed by atoms with Crippen molar-refractivity contribution in [2.75, 3.05) is 11.5 Å². The molecule has 2 aromatic carbocycles. The predicted molar refractivity (Wildman–Crippen MR) is 102 cm³/mol. The number of rotatable bonds is 5. The molecule has 0 amide bonds. The van der Waals surface area contributed by atoms with Crippen molar-refractivity contribution < 1.29 is 31.8 Å².